The summed E-state index contributed by atoms with van der Waals surface area (Å²) < 4.78 is 0. The summed E-state index contributed by atoms with van der Waals surface area (Å²) in [6.45, 7) is 22.3. The quantitative estimate of drug-likeness (QED) is 0.163. The number of likely N-dealkylation sites (tertiary alicyclic amines) is 1. The van der Waals surface area contributed by atoms with E-state index in [1.165, 1.54) is 85.7 Å². The van der Waals surface area contributed by atoms with Gasteiger partial charge in [0.05, 0.1) is 24.6 Å². The van der Waals surface area contributed by atoms with Gasteiger partial charge in [-0.15, -0.1) is 0 Å². The van der Waals surface area contributed by atoms with Crippen LogP contribution in [0.25, 0.3) is 0 Å². The molecular formula is C76H120N10O13. The summed E-state index contributed by atoms with van der Waals surface area (Å²) in [6, 6.07) is 7.96. The van der Waals surface area contributed by atoms with Crippen molar-refractivity contribution < 1.29 is 62.6 Å². The third-order valence-corrected chi connectivity index (χ3v) is 19.9. The monoisotopic (exact) mass is 1380 g/mol. The fourth-order valence-electron chi connectivity index (χ4n) is 13.5. The Morgan fingerprint density at radius 3 is 1.45 bits per heavy atom. The minimum absolute atomic E-state index is 0.0455. The Morgan fingerprint density at radius 1 is 0.475 bits per heavy atom. The maximum absolute atomic E-state index is 15.5. The molecule has 4 rings (SSSR count). The zero-order valence-electron chi connectivity index (χ0n) is 63.0. The molecule has 2 aromatic rings. The van der Waals surface area contributed by atoms with Gasteiger partial charge < -0.3 is 54.9 Å². The molecule has 0 aliphatic carbocycles. The number of Topliss-reactive ketones (excluding diaryl/α,β-unsaturated/α-hetero) is 2. The summed E-state index contributed by atoms with van der Waals surface area (Å²) >= 11 is 0. The van der Waals surface area contributed by atoms with Gasteiger partial charge >= 0.3 is 0 Å². The summed E-state index contributed by atoms with van der Waals surface area (Å²) in [6.07, 6.45) is 0.377. The van der Waals surface area contributed by atoms with Crippen LogP contribution in [0, 0.1) is 41.4 Å². The predicted octanol–water partition coefficient (Wildman–Crippen LogP) is 6.45. The number of hydrogen-bond acceptors (Lipinski definition) is 13. The number of aliphatic hydroxyl groups is 1. The lowest BCUT2D eigenvalue weighted by atomic mass is 9.87. The Morgan fingerprint density at radius 2 is 0.939 bits per heavy atom. The zero-order chi connectivity index (χ0) is 74.4. The second-order valence-electron chi connectivity index (χ2n) is 29.9. The first-order valence-electron chi connectivity index (χ1n) is 36.0. The Kier molecular flexibility index (Phi) is 33.4. The number of carbonyl (C=O) groups is 12. The van der Waals surface area contributed by atoms with Crippen molar-refractivity contribution in [2.24, 2.45) is 41.4 Å². The lowest BCUT2D eigenvalue weighted by Gasteiger charge is -2.40. The number of ketones is 2. The Balaban J connectivity index is 1.94. The SMILES string of the molecule is CC[C@H](C)[C@H]1C(=O)N(C)[C@@H](Cc2ccccc2)C(=O)C[C@@H](CC(C)C)C(=O)N[C@H](C(=O)N2CCCCC2)CC(=O)N(C)CCC(=O)N(C)[C@@H](CC(C)C)C(=O)N[C@@H]([C@@H](C)O)C(=O)N(C)[C@@H](Cc2ccccc2)C(=O)N(C)[C@@H](CC(C)C)C(=O)C[C@@H](C)C(=O)N(C)[C@@H](CC(C)C)C(=O)N1C. The Bertz CT molecular complexity index is 3050. The van der Waals surface area contributed by atoms with Gasteiger partial charge in [0.15, 0.2) is 11.6 Å². The highest BCUT2D eigenvalue weighted by Crippen LogP contribution is 2.28. The molecular weight excluding hydrogens is 1260 g/mol. The van der Waals surface area contributed by atoms with Crippen LogP contribution in [0.4, 0.5) is 0 Å². The second-order valence-corrected chi connectivity index (χ2v) is 29.9. The van der Waals surface area contributed by atoms with Crippen LogP contribution in [0.3, 0.4) is 0 Å². The molecule has 3 N–H and O–H groups in total. The number of likely N-dealkylation sites (N-methyl/N-ethyl adjacent to an activating group) is 6. The van der Waals surface area contributed by atoms with Gasteiger partial charge in [-0.2, -0.15) is 0 Å². The summed E-state index contributed by atoms with van der Waals surface area (Å²) in [7, 11) is 10.3. The molecule has 2 aromatic carbocycles. The van der Waals surface area contributed by atoms with Gasteiger partial charge in [0.2, 0.25) is 59.1 Å². The van der Waals surface area contributed by atoms with Gasteiger partial charge in [0.1, 0.15) is 36.3 Å². The first-order valence-corrected chi connectivity index (χ1v) is 36.0. The van der Waals surface area contributed by atoms with Crippen LogP contribution in [0.2, 0.25) is 0 Å². The topological polar surface area (TPSA) is 275 Å². The van der Waals surface area contributed by atoms with Crippen molar-refractivity contribution in [3.63, 3.8) is 0 Å². The summed E-state index contributed by atoms with van der Waals surface area (Å²) in [5.74, 6) is -10.2. The Hall–Kier alpha value is -7.56. The number of nitrogens with one attached hydrogen (secondary N) is 2. The molecule has 10 amide bonds. The molecule has 0 bridgehead atoms. The van der Waals surface area contributed by atoms with Crippen LogP contribution in [0.1, 0.15) is 171 Å². The van der Waals surface area contributed by atoms with Crippen molar-refractivity contribution in [2.45, 2.75) is 227 Å². The average molecular weight is 1380 g/mol. The van der Waals surface area contributed by atoms with Gasteiger partial charge in [-0.25, -0.2) is 0 Å². The highest BCUT2D eigenvalue weighted by molar-refractivity contribution is 6.00. The van der Waals surface area contributed by atoms with E-state index in [1.54, 1.807) is 42.2 Å². The van der Waals surface area contributed by atoms with E-state index in [2.05, 4.69) is 10.6 Å². The molecule has 552 valence electrons. The first-order chi connectivity index (χ1) is 46.4. The van der Waals surface area contributed by atoms with Crippen LogP contribution in [-0.4, -0.2) is 238 Å². The molecule has 2 heterocycles. The van der Waals surface area contributed by atoms with Crippen LogP contribution in [-0.2, 0) is 70.4 Å². The fourth-order valence-corrected chi connectivity index (χ4v) is 13.5. The smallest absolute Gasteiger partial charge is 0.248 e. The number of carbonyl (C=O) groups excluding carboxylic acids is 12. The van der Waals surface area contributed by atoms with Crippen molar-refractivity contribution in [1.29, 1.82) is 0 Å². The van der Waals surface area contributed by atoms with E-state index < -0.39 is 149 Å². The maximum Gasteiger partial charge on any atom is 0.248 e. The Labute approximate surface area is 590 Å². The van der Waals surface area contributed by atoms with E-state index in [0.29, 0.717) is 37.9 Å². The van der Waals surface area contributed by atoms with Gasteiger partial charge in [0.25, 0.3) is 0 Å². The molecule has 2 fully saturated rings. The van der Waals surface area contributed by atoms with Gasteiger partial charge in [-0.1, -0.05) is 143 Å². The number of nitrogens with zero attached hydrogens (tertiary/aromatic N) is 8. The molecule has 23 heteroatoms. The summed E-state index contributed by atoms with van der Waals surface area (Å²) in [5.41, 5.74) is 1.38. The first kappa shape index (κ1) is 83.9. The zero-order valence-corrected chi connectivity index (χ0v) is 63.0. The van der Waals surface area contributed by atoms with Crippen molar-refractivity contribution in [3.05, 3.63) is 71.8 Å². The minimum atomic E-state index is -1.64. The van der Waals surface area contributed by atoms with Gasteiger partial charge in [0, 0.05) is 106 Å². The molecule has 2 aliphatic heterocycles. The van der Waals surface area contributed by atoms with Crippen molar-refractivity contribution >= 4 is 70.6 Å². The van der Waals surface area contributed by atoms with Gasteiger partial charge in [-0.05, 0) is 99.0 Å². The van der Waals surface area contributed by atoms with E-state index in [4.69, 9.17) is 0 Å². The number of rotatable bonds is 16. The standard InChI is InChI=1S/C76H120N10O13/c1-20-51(10)68-76(99)82(16)59(43-54-30-24-21-25-31-54)64(89)45-56(38-47(2)3)69(92)77-57(72(95)86-35-28-23-29-36-86)46-66(91)79(13)37-34-65(90)80(14)60(40-49(6)7)70(93)78-67(53(12)87)75(98)84(18)62(44-55-32-26-22-27-33-55)73(96)81(15)58(39-48(4)5)63(88)42-52(11)71(94)83(17)61(41-50(8)9)74(97)85(68)19/h21-22,24-27,30-33,47-53,56-62,67-68,87H,20,23,28-29,34-46H2,1-19H3,(H,77,92)(H,78,93)/t51-,52+,53+,56+,57-,58-,59-,60-,61-,62-,67-,68-/m0/s1. The van der Waals surface area contributed by atoms with Crippen molar-refractivity contribution in [1.82, 2.24) is 49.8 Å². The normalized spacial score (nSPS) is 25.8. The highest BCUT2D eigenvalue weighted by Gasteiger charge is 2.45. The summed E-state index contributed by atoms with van der Waals surface area (Å²) in [5, 5.41) is 17.0. The van der Waals surface area contributed by atoms with Gasteiger partial charge in [-0.3, -0.25) is 57.5 Å². The molecule has 23 nitrogen and oxygen atoms in total. The number of benzene rings is 2. The molecule has 0 radical (unpaired) electrons. The predicted molar refractivity (Wildman–Crippen MR) is 382 cm³/mol. The van der Waals surface area contributed by atoms with Crippen LogP contribution >= 0.6 is 0 Å². The van der Waals surface area contributed by atoms with Crippen molar-refractivity contribution in [2.75, 3.05) is 69.0 Å². The lowest BCUT2D eigenvalue weighted by Crippen LogP contribution is -2.61. The number of aliphatic hydroxyl groups excluding tert-OH is 1. The fraction of sp³-hybridized carbons (Fsp3) is 0.684. The van der Waals surface area contributed by atoms with Crippen LogP contribution < -0.4 is 10.6 Å². The lowest BCUT2D eigenvalue weighted by molar-refractivity contribution is -0.154. The molecule has 0 spiro atoms. The number of amides is 10. The van der Waals surface area contributed by atoms with E-state index in [1.807, 2.05) is 99.6 Å². The molecule has 12 atom stereocenters. The maximum atomic E-state index is 15.5. The number of piperidine rings is 1. The summed E-state index contributed by atoms with van der Waals surface area (Å²) in [4.78, 5) is 190. The molecule has 99 heavy (non-hydrogen) atoms. The molecule has 0 aromatic heterocycles. The van der Waals surface area contributed by atoms with Crippen LogP contribution in [0.15, 0.2) is 60.7 Å². The molecule has 2 saturated heterocycles. The molecule has 0 unspecified atom stereocenters. The highest BCUT2D eigenvalue weighted by atomic mass is 16.3. The average Bonchev–Trinajstić information content (AvgIpc) is 0.811. The van der Waals surface area contributed by atoms with E-state index in [9.17, 15) is 43.5 Å². The second kappa shape index (κ2) is 39.4. The van der Waals surface area contributed by atoms with E-state index in [0.717, 1.165) is 16.9 Å². The van der Waals surface area contributed by atoms with Crippen molar-refractivity contribution in [3.8, 4) is 0 Å². The van der Waals surface area contributed by atoms with E-state index >= 15 is 19.2 Å². The third-order valence-electron chi connectivity index (χ3n) is 19.9. The van der Waals surface area contributed by atoms with Crippen LogP contribution in [0.5, 0.6) is 0 Å². The minimum Gasteiger partial charge on any atom is -0.391 e. The molecule has 0 saturated carbocycles. The van der Waals surface area contributed by atoms with E-state index in [-0.39, 0.29) is 88.0 Å². The largest absolute Gasteiger partial charge is 0.391 e. The molecule has 2 aliphatic rings. The number of hydrogen-bond donors (Lipinski definition) is 3. The third kappa shape index (κ3) is 24.1.